The van der Waals surface area contributed by atoms with Crippen molar-refractivity contribution in [2.75, 3.05) is 10.7 Å². The zero-order chi connectivity index (χ0) is 18.9. The van der Waals surface area contributed by atoms with Crippen molar-refractivity contribution < 1.29 is 22.4 Å². The number of hydrogen-bond acceptors (Lipinski definition) is 3. The Kier molecular flexibility index (Phi) is 4.69. The zero-order valence-corrected chi connectivity index (χ0v) is 14.1. The van der Waals surface area contributed by atoms with Crippen molar-refractivity contribution in [2.24, 2.45) is 0 Å². The third kappa shape index (κ3) is 3.85. The molecule has 0 aliphatic heterocycles. The van der Waals surface area contributed by atoms with Crippen LogP contribution < -0.4 is 16.2 Å². The molecule has 3 aromatic rings. The second-order valence-electron chi connectivity index (χ2n) is 5.45. The van der Waals surface area contributed by atoms with Gasteiger partial charge in [-0.15, -0.1) is 0 Å². The first-order valence-corrected chi connectivity index (χ1v) is 7.81. The summed E-state index contributed by atoms with van der Waals surface area (Å²) in [4.78, 5) is 11.9. The molecule has 0 unspecified atom stereocenters. The first-order chi connectivity index (χ1) is 12.2. The van der Waals surface area contributed by atoms with Crippen LogP contribution in [0.4, 0.5) is 29.3 Å². The molecule has 0 saturated heterocycles. The van der Waals surface area contributed by atoms with E-state index in [9.17, 15) is 18.0 Å². The average molecular weight is 384 g/mol. The van der Waals surface area contributed by atoms with Crippen molar-refractivity contribution in [3.63, 3.8) is 0 Å². The number of benzene rings is 2. The number of urea groups is 1. The predicted octanol–water partition coefficient (Wildman–Crippen LogP) is 5.56. The number of aryl methyl sites for hydroxylation is 1. The molecule has 9 heteroatoms. The van der Waals surface area contributed by atoms with Crippen molar-refractivity contribution in [2.45, 2.75) is 13.1 Å². The molecule has 5 nitrogen and oxygen atoms in total. The number of anilines is 2. The first-order valence-electron chi connectivity index (χ1n) is 7.43. The van der Waals surface area contributed by atoms with E-state index < -0.39 is 17.8 Å². The third-order valence-electron chi connectivity index (χ3n) is 3.60. The Morgan fingerprint density at radius 1 is 1.12 bits per heavy atom. The molecule has 1 aromatic heterocycles. The predicted molar refractivity (Wildman–Crippen MR) is 93.2 cm³/mol. The van der Waals surface area contributed by atoms with E-state index in [0.29, 0.717) is 22.1 Å². The van der Waals surface area contributed by atoms with Gasteiger partial charge in [-0.25, -0.2) is 4.79 Å². The van der Waals surface area contributed by atoms with Crippen LogP contribution in [0.3, 0.4) is 0 Å². The Balaban J connectivity index is 1.65. The van der Waals surface area contributed by atoms with Gasteiger partial charge in [0.2, 0.25) is 0 Å². The molecular weight excluding hydrogens is 371 g/mol. The lowest BCUT2D eigenvalue weighted by Gasteiger charge is -2.11. The number of rotatable bonds is 3. The highest BCUT2D eigenvalue weighted by molar-refractivity contribution is 6.31. The van der Waals surface area contributed by atoms with Gasteiger partial charge in [0.1, 0.15) is 17.0 Å². The number of hydrogen-bond donors (Lipinski definition) is 3. The quantitative estimate of drug-likeness (QED) is 0.518. The molecule has 2 aromatic carbocycles. The van der Waals surface area contributed by atoms with E-state index in [1.165, 1.54) is 12.1 Å². The number of amides is 2. The largest absolute Gasteiger partial charge is 0.459 e. The fraction of sp³-hybridized carbons (Fsp3) is 0.118. The van der Waals surface area contributed by atoms with Gasteiger partial charge in [0.15, 0.2) is 0 Å². The van der Waals surface area contributed by atoms with Crippen molar-refractivity contribution in [3.05, 3.63) is 58.8 Å². The van der Waals surface area contributed by atoms with Gasteiger partial charge in [-0.05, 0) is 43.3 Å². The third-order valence-corrected chi connectivity index (χ3v) is 3.83. The Morgan fingerprint density at radius 3 is 2.46 bits per heavy atom. The van der Waals surface area contributed by atoms with E-state index in [1.54, 1.807) is 25.1 Å². The molecule has 0 bridgehead atoms. The average Bonchev–Trinajstić information content (AvgIpc) is 2.87. The summed E-state index contributed by atoms with van der Waals surface area (Å²) in [7, 11) is 0. The van der Waals surface area contributed by atoms with E-state index in [1.807, 2.05) is 0 Å². The number of halogens is 4. The first kappa shape index (κ1) is 17.9. The fourth-order valence-corrected chi connectivity index (χ4v) is 2.53. The summed E-state index contributed by atoms with van der Waals surface area (Å²) in [5.41, 5.74) is 5.68. The van der Waals surface area contributed by atoms with Crippen LogP contribution in [0.1, 0.15) is 11.3 Å². The molecule has 0 atom stereocenters. The molecule has 0 radical (unpaired) electrons. The number of nitrogens with one attached hydrogen (secondary N) is 3. The summed E-state index contributed by atoms with van der Waals surface area (Å²) in [6, 6.07) is 8.55. The van der Waals surface area contributed by atoms with E-state index in [-0.39, 0.29) is 5.69 Å². The van der Waals surface area contributed by atoms with Crippen LogP contribution >= 0.6 is 11.6 Å². The molecule has 0 aliphatic rings. The minimum atomic E-state index is -4.43. The summed E-state index contributed by atoms with van der Waals surface area (Å²) in [6.45, 7) is 1.71. The van der Waals surface area contributed by atoms with Gasteiger partial charge in [-0.1, -0.05) is 11.6 Å². The summed E-state index contributed by atoms with van der Waals surface area (Å²) in [5.74, 6) is 0.539. The lowest BCUT2D eigenvalue weighted by Crippen LogP contribution is -2.33. The summed E-state index contributed by atoms with van der Waals surface area (Å²) in [5, 5.41) is 3.67. The number of carbonyl (C=O) groups excluding carboxylic acids is 1. The zero-order valence-electron chi connectivity index (χ0n) is 13.4. The molecule has 26 heavy (non-hydrogen) atoms. The van der Waals surface area contributed by atoms with E-state index in [0.717, 1.165) is 17.5 Å². The molecule has 2 amide bonds. The lowest BCUT2D eigenvalue weighted by atomic mass is 10.2. The SMILES string of the molecule is Cc1oc2cc(Cl)ccc2c1NNC(=O)Nc1ccc(C(F)(F)F)cc1. The monoisotopic (exact) mass is 383 g/mol. The smallest absolute Gasteiger partial charge is 0.416 e. The number of furan rings is 1. The summed E-state index contributed by atoms with van der Waals surface area (Å²) in [6.07, 6.45) is -4.43. The molecular formula is C17H13ClF3N3O2. The Bertz CT molecular complexity index is 952. The van der Waals surface area contributed by atoms with Gasteiger partial charge in [0.25, 0.3) is 0 Å². The Hall–Kier alpha value is -2.87. The summed E-state index contributed by atoms with van der Waals surface area (Å²) >= 11 is 5.91. The molecule has 0 aliphatic carbocycles. The maximum atomic E-state index is 12.5. The van der Waals surface area contributed by atoms with Crippen molar-refractivity contribution >= 4 is 40.0 Å². The highest BCUT2D eigenvalue weighted by Crippen LogP contribution is 2.32. The Labute approximate surface area is 151 Å². The fourth-order valence-electron chi connectivity index (χ4n) is 2.37. The van der Waals surface area contributed by atoms with Crippen molar-refractivity contribution in [1.82, 2.24) is 5.43 Å². The van der Waals surface area contributed by atoms with Gasteiger partial charge in [0.05, 0.1) is 5.56 Å². The molecule has 136 valence electrons. The van der Waals surface area contributed by atoms with Crippen LogP contribution in [0, 0.1) is 6.92 Å². The molecule has 0 spiro atoms. The number of hydrazine groups is 1. The maximum Gasteiger partial charge on any atom is 0.416 e. The van der Waals surface area contributed by atoms with Gasteiger partial charge < -0.3 is 9.73 Å². The molecule has 0 fully saturated rings. The van der Waals surface area contributed by atoms with Crippen LogP contribution in [0.15, 0.2) is 46.9 Å². The van der Waals surface area contributed by atoms with E-state index >= 15 is 0 Å². The summed E-state index contributed by atoms with van der Waals surface area (Å²) < 4.78 is 43.1. The van der Waals surface area contributed by atoms with E-state index in [2.05, 4.69) is 16.2 Å². The van der Waals surface area contributed by atoms with Crippen LogP contribution in [0.2, 0.25) is 5.02 Å². The van der Waals surface area contributed by atoms with Gasteiger partial charge in [0, 0.05) is 22.2 Å². The normalized spacial score (nSPS) is 11.4. The Morgan fingerprint density at radius 2 is 1.81 bits per heavy atom. The maximum absolute atomic E-state index is 12.5. The number of fused-ring (bicyclic) bond motifs is 1. The second kappa shape index (κ2) is 6.80. The standard InChI is InChI=1S/C17H13ClF3N3O2/c1-9-15(13-7-4-11(18)8-14(13)26-9)23-24-16(25)22-12-5-2-10(3-6-12)17(19,20)21/h2-8,23H,1H3,(H2,22,24,25). The van der Waals surface area contributed by atoms with E-state index in [4.69, 9.17) is 16.0 Å². The van der Waals surface area contributed by atoms with Crippen molar-refractivity contribution in [3.8, 4) is 0 Å². The van der Waals surface area contributed by atoms with Gasteiger partial charge >= 0.3 is 12.2 Å². The van der Waals surface area contributed by atoms with Crippen LogP contribution in [0.25, 0.3) is 11.0 Å². The minimum absolute atomic E-state index is 0.220. The van der Waals surface area contributed by atoms with Gasteiger partial charge in [-0.2, -0.15) is 13.2 Å². The van der Waals surface area contributed by atoms with Crippen LogP contribution in [-0.4, -0.2) is 6.03 Å². The van der Waals surface area contributed by atoms with Crippen LogP contribution in [0.5, 0.6) is 0 Å². The molecule has 3 N–H and O–H groups in total. The number of alkyl halides is 3. The highest BCUT2D eigenvalue weighted by atomic mass is 35.5. The highest BCUT2D eigenvalue weighted by Gasteiger charge is 2.29. The molecule has 3 rings (SSSR count). The topological polar surface area (TPSA) is 66.3 Å². The van der Waals surface area contributed by atoms with Gasteiger partial charge in [-0.3, -0.25) is 10.9 Å². The lowest BCUT2D eigenvalue weighted by molar-refractivity contribution is -0.137. The molecule has 0 saturated carbocycles. The van der Waals surface area contributed by atoms with Crippen molar-refractivity contribution in [1.29, 1.82) is 0 Å². The number of carbonyl (C=O) groups is 1. The second-order valence-corrected chi connectivity index (χ2v) is 5.89. The molecule has 1 heterocycles. The van der Waals surface area contributed by atoms with Crippen LogP contribution in [-0.2, 0) is 6.18 Å². The minimum Gasteiger partial charge on any atom is -0.459 e.